The molecule has 5 heteroatoms. The number of amides is 1. The van der Waals surface area contributed by atoms with Gasteiger partial charge >= 0.3 is 0 Å². The lowest BCUT2D eigenvalue weighted by molar-refractivity contribution is 0.0456. The molecule has 5 nitrogen and oxygen atoms in total. The predicted octanol–water partition coefficient (Wildman–Crippen LogP) is 4.06. The summed E-state index contributed by atoms with van der Waals surface area (Å²) in [5, 5.41) is 0. The molecule has 1 spiro atoms. The number of nitrogens with zero attached hydrogens (tertiary/aromatic N) is 3. The summed E-state index contributed by atoms with van der Waals surface area (Å²) in [6.45, 7) is 4.13. The molecule has 2 heterocycles. The number of rotatable bonds is 1. The van der Waals surface area contributed by atoms with E-state index in [-0.39, 0.29) is 11.5 Å². The summed E-state index contributed by atoms with van der Waals surface area (Å²) in [6.07, 6.45) is 3.72. The van der Waals surface area contributed by atoms with E-state index in [0.717, 1.165) is 59.4 Å². The van der Waals surface area contributed by atoms with Gasteiger partial charge in [0, 0.05) is 32.3 Å². The standard InChI is InChI=1S/C24H27N3O2/c1-14-6-7-16-8-10-24(19(16)12-14)11-9-17-18(23(28)26(3)4)13-20-21(22(17)29-24)25-15(2)27(20)5/h6-7,12-13H,8-11H2,1-5H3. The summed E-state index contributed by atoms with van der Waals surface area (Å²) in [4.78, 5) is 19.4. The lowest BCUT2D eigenvalue weighted by atomic mass is 9.84. The molecule has 29 heavy (non-hydrogen) atoms. The van der Waals surface area contributed by atoms with Crippen molar-refractivity contribution in [2.75, 3.05) is 14.1 Å². The highest BCUT2D eigenvalue weighted by molar-refractivity contribution is 6.01. The number of hydrogen-bond donors (Lipinski definition) is 0. The van der Waals surface area contributed by atoms with Crippen molar-refractivity contribution in [3.63, 3.8) is 0 Å². The van der Waals surface area contributed by atoms with Gasteiger partial charge in [0.25, 0.3) is 5.91 Å². The van der Waals surface area contributed by atoms with Gasteiger partial charge in [0.05, 0.1) is 5.52 Å². The number of benzene rings is 2. The zero-order valence-electron chi connectivity index (χ0n) is 17.8. The largest absolute Gasteiger partial charge is 0.480 e. The molecule has 0 saturated carbocycles. The average Bonchev–Trinajstić information content (AvgIpc) is 3.18. The average molecular weight is 389 g/mol. The van der Waals surface area contributed by atoms with Crippen LogP contribution in [-0.4, -0.2) is 34.5 Å². The summed E-state index contributed by atoms with van der Waals surface area (Å²) in [6, 6.07) is 8.70. The van der Waals surface area contributed by atoms with E-state index in [9.17, 15) is 4.79 Å². The first-order valence-corrected chi connectivity index (χ1v) is 10.3. The van der Waals surface area contributed by atoms with Crippen LogP contribution in [0.25, 0.3) is 11.0 Å². The lowest BCUT2D eigenvalue weighted by Gasteiger charge is -2.37. The van der Waals surface area contributed by atoms with E-state index in [0.29, 0.717) is 0 Å². The second-order valence-corrected chi connectivity index (χ2v) is 8.77. The Kier molecular flexibility index (Phi) is 3.83. The Morgan fingerprint density at radius 2 is 1.93 bits per heavy atom. The number of imidazole rings is 1. The van der Waals surface area contributed by atoms with E-state index in [1.807, 2.05) is 24.6 Å². The molecule has 0 saturated heterocycles. The number of hydrogen-bond acceptors (Lipinski definition) is 3. The molecule has 1 amide bonds. The summed E-state index contributed by atoms with van der Waals surface area (Å²) in [7, 11) is 5.59. The van der Waals surface area contributed by atoms with Gasteiger partial charge in [-0.3, -0.25) is 4.79 Å². The van der Waals surface area contributed by atoms with Crippen LogP contribution in [0.4, 0.5) is 0 Å². The Morgan fingerprint density at radius 3 is 2.69 bits per heavy atom. The maximum absolute atomic E-state index is 13.0. The van der Waals surface area contributed by atoms with E-state index in [1.165, 1.54) is 16.7 Å². The lowest BCUT2D eigenvalue weighted by Crippen LogP contribution is -2.36. The first kappa shape index (κ1) is 18.2. The third-order valence-electron chi connectivity index (χ3n) is 6.73. The molecule has 0 fully saturated rings. The van der Waals surface area contributed by atoms with Crippen molar-refractivity contribution in [2.24, 2.45) is 7.05 Å². The highest BCUT2D eigenvalue weighted by atomic mass is 16.5. The topological polar surface area (TPSA) is 47.4 Å². The van der Waals surface area contributed by atoms with Crippen LogP contribution in [0.2, 0.25) is 0 Å². The third kappa shape index (κ3) is 2.53. The zero-order valence-corrected chi connectivity index (χ0v) is 17.8. The number of carbonyl (C=O) groups excluding carboxylic acids is 1. The van der Waals surface area contributed by atoms with Gasteiger partial charge in [0.2, 0.25) is 0 Å². The van der Waals surface area contributed by atoms with Crippen molar-refractivity contribution < 1.29 is 9.53 Å². The van der Waals surface area contributed by atoms with Gasteiger partial charge in [-0.1, -0.05) is 23.8 Å². The molecule has 0 bridgehead atoms. The van der Waals surface area contributed by atoms with Crippen LogP contribution in [0.15, 0.2) is 24.3 Å². The quantitative estimate of drug-likeness (QED) is 0.631. The minimum atomic E-state index is -0.313. The number of carbonyl (C=O) groups is 1. The maximum atomic E-state index is 13.0. The van der Waals surface area contributed by atoms with Crippen molar-refractivity contribution in [3.05, 3.63) is 57.9 Å². The Hall–Kier alpha value is -2.82. The molecule has 0 N–H and O–H groups in total. The van der Waals surface area contributed by atoms with Gasteiger partial charge < -0.3 is 14.2 Å². The monoisotopic (exact) mass is 389 g/mol. The smallest absolute Gasteiger partial charge is 0.253 e. The second kappa shape index (κ2) is 6.09. The molecule has 150 valence electrons. The highest BCUT2D eigenvalue weighted by Crippen LogP contribution is 2.50. The minimum Gasteiger partial charge on any atom is -0.480 e. The Bertz CT molecular complexity index is 1170. The van der Waals surface area contributed by atoms with Gasteiger partial charge in [0.1, 0.15) is 16.9 Å². The third-order valence-corrected chi connectivity index (χ3v) is 6.73. The zero-order chi connectivity index (χ0) is 20.5. The molecule has 3 aromatic rings. The Morgan fingerprint density at radius 1 is 1.17 bits per heavy atom. The molecule has 1 unspecified atom stereocenters. The molecule has 2 aromatic carbocycles. The van der Waals surface area contributed by atoms with E-state index in [2.05, 4.69) is 25.1 Å². The van der Waals surface area contributed by atoms with Crippen molar-refractivity contribution in [1.82, 2.24) is 14.5 Å². The van der Waals surface area contributed by atoms with E-state index >= 15 is 0 Å². The summed E-state index contributed by atoms with van der Waals surface area (Å²) in [5.74, 6) is 1.74. The van der Waals surface area contributed by atoms with Crippen LogP contribution in [0.3, 0.4) is 0 Å². The number of aromatic nitrogens is 2. The van der Waals surface area contributed by atoms with Gasteiger partial charge in [-0.25, -0.2) is 4.98 Å². The van der Waals surface area contributed by atoms with E-state index in [4.69, 9.17) is 9.72 Å². The molecule has 1 aliphatic carbocycles. The van der Waals surface area contributed by atoms with Crippen molar-refractivity contribution >= 4 is 16.9 Å². The molecule has 1 aromatic heterocycles. The summed E-state index contributed by atoms with van der Waals surface area (Å²) >= 11 is 0. The van der Waals surface area contributed by atoms with Crippen LogP contribution in [-0.2, 0) is 25.5 Å². The molecule has 1 aliphatic heterocycles. The normalized spacial score (nSPS) is 19.9. The van der Waals surface area contributed by atoms with E-state index < -0.39 is 0 Å². The fourth-order valence-corrected chi connectivity index (χ4v) is 4.98. The highest BCUT2D eigenvalue weighted by Gasteiger charge is 2.45. The fraction of sp³-hybridized carbons (Fsp3) is 0.417. The Balaban J connectivity index is 1.74. The maximum Gasteiger partial charge on any atom is 0.253 e. The molecular weight excluding hydrogens is 362 g/mol. The number of aryl methyl sites for hydroxylation is 4. The van der Waals surface area contributed by atoms with Gasteiger partial charge in [-0.15, -0.1) is 0 Å². The molecule has 5 rings (SSSR count). The van der Waals surface area contributed by atoms with Gasteiger partial charge in [-0.05, 0) is 56.7 Å². The SMILES string of the molecule is Cc1ccc2c(c1)C1(CC2)CCc2c(C(=O)N(C)C)cc3c(nc(C)n3C)c2O1. The van der Waals surface area contributed by atoms with Crippen LogP contribution in [0.5, 0.6) is 5.75 Å². The van der Waals surface area contributed by atoms with Crippen LogP contribution in [0, 0.1) is 13.8 Å². The van der Waals surface area contributed by atoms with Crippen molar-refractivity contribution in [1.29, 1.82) is 0 Å². The minimum absolute atomic E-state index is 0.0178. The van der Waals surface area contributed by atoms with Crippen molar-refractivity contribution in [2.45, 2.75) is 45.1 Å². The number of fused-ring (bicyclic) bond motifs is 5. The molecular formula is C24H27N3O2. The van der Waals surface area contributed by atoms with Gasteiger partial charge in [0.15, 0.2) is 5.75 Å². The second-order valence-electron chi connectivity index (χ2n) is 8.77. The molecule has 2 aliphatic rings. The first-order valence-electron chi connectivity index (χ1n) is 10.3. The van der Waals surface area contributed by atoms with Crippen molar-refractivity contribution in [3.8, 4) is 5.75 Å². The molecule has 1 atom stereocenters. The summed E-state index contributed by atoms with van der Waals surface area (Å²) in [5.41, 5.74) is 7.20. The predicted molar refractivity (Wildman–Crippen MR) is 114 cm³/mol. The summed E-state index contributed by atoms with van der Waals surface area (Å²) < 4.78 is 8.91. The fourth-order valence-electron chi connectivity index (χ4n) is 4.98. The van der Waals surface area contributed by atoms with Crippen LogP contribution in [0.1, 0.15) is 51.3 Å². The van der Waals surface area contributed by atoms with Gasteiger partial charge in [-0.2, -0.15) is 0 Å². The van der Waals surface area contributed by atoms with Crippen LogP contribution >= 0.6 is 0 Å². The number of ether oxygens (including phenoxy) is 1. The molecule has 0 radical (unpaired) electrons. The van der Waals surface area contributed by atoms with E-state index in [1.54, 1.807) is 19.0 Å². The Labute approximate surface area is 171 Å². The van der Waals surface area contributed by atoms with Crippen LogP contribution < -0.4 is 4.74 Å². The first-order chi connectivity index (χ1) is 13.8.